The highest BCUT2D eigenvalue weighted by atomic mass is 16.6. The molecule has 0 N–H and O–H groups in total. The van der Waals surface area contributed by atoms with Crippen molar-refractivity contribution in [1.82, 2.24) is 0 Å². The van der Waals surface area contributed by atoms with Crippen LogP contribution in [-0.2, 0) is 14.4 Å². The van der Waals surface area contributed by atoms with Gasteiger partial charge in [-0.2, -0.15) is 0 Å². The minimum atomic E-state index is -0.232. The molecule has 0 bridgehead atoms. The summed E-state index contributed by atoms with van der Waals surface area (Å²) in [6.07, 6.45) is 3.07. The lowest BCUT2D eigenvalue weighted by Crippen LogP contribution is -2.34. The molecule has 0 radical (unpaired) electrons. The van der Waals surface area contributed by atoms with Gasteiger partial charge in [-0.05, 0) is 30.6 Å². The summed E-state index contributed by atoms with van der Waals surface area (Å²) in [5, 5.41) is 4.08. The normalized spacial score (nSPS) is 27.1. The van der Waals surface area contributed by atoms with Gasteiger partial charge in [0.1, 0.15) is 7.11 Å². The molecule has 1 fully saturated rings. The van der Waals surface area contributed by atoms with Crippen molar-refractivity contribution in [3.05, 3.63) is 0 Å². The molecule has 4 nitrogen and oxygen atoms in total. The van der Waals surface area contributed by atoms with E-state index in [0.717, 1.165) is 25.0 Å². The van der Waals surface area contributed by atoms with Crippen LogP contribution in [0.25, 0.3) is 0 Å². The van der Waals surface area contributed by atoms with Crippen LogP contribution in [-0.4, -0.2) is 25.4 Å². The highest BCUT2D eigenvalue weighted by Crippen LogP contribution is 2.39. The molecule has 2 atom stereocenters. The van der Waals surface area contributed by atoms with Crippen LogP contribution in [0, 0.1) is 17.3 Å². The van der Waals surface area contributed by atoms with Crippen molar-refractivity contribution < 1.29 is 14.4 Å². The number of carbonyl (C=O) groups excluding carboxylic acids is 1. The van der Waals surface area contributed by atoms with Gasteiger partial charge in [0.2, 0.25) is 0 Å². The maximum atomic E-state index is 10.9. The molecule has 0 aromatic heterocycles. The molecular weight excluding hydrogens is 230 g/mol. The van der Waals surface area contributed by atoms with E-state index in [1.54, 1.807) is 7.11 Å². The Bertz CT molecular complexity index is 317. The fourth-order valence-electron chi connectivity index (χ4n) is 2.53. The van der Waals surface area contributed by atoms with E-state index in [4.69, 9.17) is 9.57 Å². The van der Waals surface area contributed by atoms with E-state index in [2.05, 4.69) is 25.9 Å². The summed E-state index contributed by atoms with van der Waals surface area (Å²) in [4.78, 5) is 15.8. The van der Waals surface area contributed by atoms with Crippen LogP contribution in [0.15, 0.2) is 5.16 Å². The molecule has 0 aromatic rings. The molecule has 0 saturated heterocycles. The predicted octanol–water partition coefficient (Wildman–Crippen LogP) is 3.01. The van der Waals surface area contributed by atoms with Crippen LogP contribution in [0.4, 0.5) is 0 Å². The van der Waals surface area contributed by atoms with Crippen molar-refractivity contribution in [3.63, 3.8) is 0 Å². The Kier molecular flexibility index (Phi) is 5.17. The quantitative estimate of drug-likeness (QED) is 0.575. The van der Waals surface area contributed by atoms with Crippen molar-refractivity contribution in [3.8, 4) is 0 Å². The second-order valence-electron chi connectivity index (χ2n) is 6.10. The molecule has 0 aromatic carbocycles. The van der Waals surface area contributed by atoms with Crippen molar-refractivity contribution >= 4 is 11.7 Å². The fraction of sp³-hybridized carbons (Fsp3) is 0.857. The Labute approximate surface area is 110 Å². The summed E-state index contributed by atoms with van der Waals surface area (Å²) in [6.45, 7) is 8.65. The maximum absolute atomic E-state index is 10.9. The molecule has 1 saturated carbocycles. The lowest BCUT2D eigenvalue weighted by molar-refractivity contribution is -0.141. The molecule has 0 amide bonds. The van der Waals surface area contributed by atoms with Crippen LogP contribution in [0.5, 0.6) is 0 Å². The third kappa shape index (κ3) is 4.31. The second kappa shape index (κ2) is 6.21. The monoisotopic (exact) mass is 255 g/mol. The van der Waals surface area contributed by atoms with E-state index in [-0.39, 0.29) is 17.3 Å². The maximum Gasteiger partial charge on any atom is 0.302 e. The van der Waals surface area contributed by atoms with Crippen molar-refractivity contribution in [2.24, 2.45) is 22.4 Å². The Hall–Kier alpha value is -1.06. The van der Waals surface area contributed by atoms with E-state index < -0.39 is 0 Å². The third-order valence-corrected chi connectivity index (χ3v) is 3.71. The van der Waals surface area contributed by atoms with Crippen LogP contribution in [0.3, 0.4) is 0 Å². The van der Waals surface area contributed by atoms with Gasteiger partial charge < -0.3 is 9.57 Å². The Morgan fingerprint density at radius 1 is 1.44 bits per heavy atom. The summed E-state index contributed by atoms with van der Waals surface area (Å²) < 4.78 is 5.14. The van der Waals surface area contributed by atoms with E-state index in [0.29, 0.717) is 12.5 Å². The molecule has 0 spiro atoms. The number of oxime groups is 1. The van der Waals surface area contributed by atoms with Crippen LogP contribution >= 0.6 is 0 Å². The summed E-state index contributed by atoms with van der Waals surface area (Å²) in [5.41, 5.74) is 1.31. The minimum Gasteiger partial charge on any atom is -0.465 e. The molecule has 1 rings (SSSR count). The van der Waals surface area contributed by atoms with Crippen LogP contribution in [0.1, 0.15) is 47.0 Å². The summed E-state index contributed by atoms with van der Waals surface area (Å²) in [6, 6.07) is 0. The zero-order chi connectivity index (χ0) is 13.8. The molecule has 18 heavy (non-hydrogen) atoms. The van der Waals surface area contributed by atoms with Gasteiger partial charge in [-0.15, -0.1) is 0 Å². The second-order valence-corrected chi connectivity index (χ2v) is 6.10. The zero-order valence-corrected chi connectivity index (χ0v) is 12.2. The zero-order valence-electron chi connectivity index (χ0n) is 12.2. The number of hydrogen-bond acceptors (Lipinski definition) is 4. The average Bonchev–Trinajstić information content (AvgIpc) is 2.26. The first-order chi connectivity index (χ1) is 8.34. The Balaban J connectivity index is 2.70. The largest absolute Gasteiger partial charge is 0.465 e. The van der Waals surface area contributed by atoms with Crippen LogP contribution < -0.4 is 0 Å². The molecule has 1 aliphatic carbocycles. The Morgan fingerprint density at radius 2 is 2.11 bits per heavy atom. The first kappa shape index (κ1) is 15.0. The van der Waals surface area contributed by atoms with E-state index >= 15 is 0 Å². The third-order valence-electron chi connectivity index (χ3n) is 3.71. The molecule has 1 aliphatic rings. The number of hydrogen-bond donors (Lipinski definition) is 0. The van der Waals surface area contributed by atoms with Crippen molar-refractivity contribution in [2.45, 2.75) is 47.0 Å². The van der Waals surface area contributed by atoms with Gasteiger partial charge >= 0.3 is 5.97 Å². The van der Waals surface area contributed by atoms with Gasteiger partial charge in [0.25, 0.3) is 0 Å². The molecule has 0 heterocycles. The SMILES string of the molecule is CO/N=C1\CCC(C(C)(C)C)CC1COC(C)=O. The van der Waals surface area contributed by atoms with Crippen molar-refractivity contribution in [1.29, 1.82) is 0 Å². The van der Waals surface area contributed by atoms with Gasteiger partial charge in [-0.25, -0.2) is 0 Å². The highest BCUT2D eigenvalue weighted by molar-refractivity contribution is 5.87. The summed E-state index contributed by atoms with van der Waals surface area (Å²) in [5.74, 6) is 0.602. The first-order valence-electron chi connectivity index (χ1n) is 6.58. The standard InChI is InChI=1S/C14H25NO3/c1-10(16)18-9-11-8-12(14(2,3)4)6-7-13(11)15-17-5/h11-12H,6-9H2,1-5H3/b15-13+. The predicted molar refractivity (Wildman–Crippen MR) is 71.4 cm³/mol. The lowest BCUT2D eigenvalue weighted by Gasteiger charge is -2.37. The first-order valence-corrected chi connectivity index (χ1v) is 6.58. The van der Waals surface area contributed by atoms with Crippen molar-refractivity contribution in [2.75, 3.05) is 13.7 Å². The van der Waals surface area contributed by atoms with Gasteiger partial charge in [-0.1, -0.05) is 25.9 Å². The molecule has 4 heteroatoms. The van der Waals surface area contributed by atoms with Crippen LogP contribution in [0.2, 0.25) is 0 Å². The summed E-state index contributed by atoms with van der Waals surface area (Å²) in [7, 11) is 1.56. The molecular formula is C14H25NO3. The fourth-order valence-corrected chi connectivity index (χ4v) is 2.53. The van der Waals surface area contributed by atoms with E-state index in [1.165, 1.54) is 6.92 Å². The number of esters is 1. The highest BCUT2D eigenvalue weighted by Gasteiger charge is 2.34. The minimum absolute atomic E-state index is 0.201. The number of ether oxygens (including phenoxy) is 1. The smallest absolute Gasteiger partial charge is 0.302 e. The molecule has 0 aliphatic heterocycles. The number of rotatable bonds is 3. The van der Waals surface area contributed by atoms with Gasteiger partial charge in [0.05, 0.1) is 12.3 Å². The molecule has 2 unspecified atom stereocenters. The van der Waals surface area contributed by atoms with E-state index in [9.17, 15) is 4.79 Å². The van der Waals surface area contributed by atoms with Gasteiger partial charge in [0.15, 0.2) is 0 Å². The topological polar surface area (TPSA) is 47.9 Å². The van der Waals surface area contributed by atoms with E-state index in [1.807, 2.05) is 0 Å². The van der Waals surface area contributed by atoms with Gasteiger partial charge in [-0.3, -0.25) is 4.79 Å². The Morgan fingerprint density at radius 3 is 2.61 bits per heavy atom. The van der Waals surface area contributed by atoms with Gasteiger partial charge in [0, 0.05) is 12.8 Å². The summed E-state index contributed by atoms with van der Waals surface area (Å²) >= 11 is 0. The lowest BCUT2D eigenvalue weighted by atomic mass is 9.68. The number of nitrogens with zero attached hydrogens (tertiary/aromatic N) is 1. The number of carbonyl (C=O) groups is 1. The molecule has 104 valence electrons. The average molecular weight is 255 g/mol.